The molecule has 1 saturated carbocycles. The van der Waals surface area contributed by atoms with Gasteiger partial charge in [-0.2, -0.15) is 0 Å². The molecule has 1 aliphatic rings. The van der Waals surface area contributed by atoms with Crippen molar-refractivity contribution in [2.24, 2.45) is 0 Å². The topological polar surface area (TPSA) is 72.7 Å². The Bertz CT molecular complexity index is 740. The molecule has 0 aromatic carbocycles. The fraction of sp³-hybridized carbons (Fsp3) is 0.474. The number of thioether (sulfide) groups is 1. The van der Waals surface area contributed by atoms with Gasteiger partial charge in [-0.25, -0.2) is 0 Å². The number of rotatable bonds is 7. The number of carbonyl (C=O) groups excluding carboxylic acids is 1. The highest BCUT2D eigenvalue weighted by atomic mass is 32.2. The van der Waals surface area contributed by atoms with Gasteiger partial charge in [-0.1, -0.05) is 37.1 Å². The lowest BCUT2D eigenvalue weighted by atomic mass is 9.95. The van der Waals surface area contributed by atoms with Gasteiger partial charge < -0.3 is 5.32 Å². The number of allylic oxidation sites excluding steroid dienone is 1. The number of nitrogens with one attached hydrogen (secondary N) is 1. The van der Waals surface area contributed by atoms with Crippen molar-refractivity contribution in [3.8, 4) is 11.4 Å². The molecular weight excluding hydrogens is 346 g/mol. The Labute approximate surface area is 158 Å². The van der Waals surface area contributed by atoms with Crippen LogP contribution >= 0.6 is 11.8 Å². The van der Waals surface area contributed by atoms with Crippen molar-refractivity contribution in [2.45, 2.75) is 62.0 Å². The number of hydrogen-bond donors (Lipinski definition) is 1. The van der Waals surface area contributed by atoms with Crippen LogP contribution in [0.4, 0.5) is 0 Å². The summed E-state index contributed by atoms with van der Waals surface area (Å²) < 4.78 is 1.97. The van der Waals surface area contributed by atoms with Gasteiger partial charge in [0, 0.05) is 30.5 Å². The second kappa shape index (κ2) is 8.98. The Kier molecular flexibility index (Phi) is 6.44. The molecule has 2 heterocycles. The molecule has 0 saturated heterocycles. The van der Waals surface area contributed by atoms with E-state index in [0.717, 1.165) is 29.4 Å². The summed E-state index contributed by atoms with van der Waals surface area (Å²) in [5, 5.41) is 12.3. The number of hydrogen-bond acceptors (Lipinski definition) is 5. The van der Waals surface area contributed by atoms with Gasteiger partial charge in [0.1, 0.15) is 0 Å². The first-order valence-corrected chi connectivity index (χ1v) is 9.98. The first kappa shape index (κ1) is 18.6. The van der Waals surface area contributed by atoms with Crippen molar-refractivity contribution in [1.82, 2.24) is 25.1 Å². The van der Waals surface area contributed by atoms with Crippen molar-refractivity contribution >= 4 is 17.7 Å². The second-order valence-corrected chi connectivity index (χ2v) is 7.86. The van der Waals surface area contributed by atoms with Crippen molar-refractivity contribution in [2.75, 3.05) is 0 Å². The summed E-state index contributed by atoms with van der Waals surface area (Å²) in [6.45, 7) is 6.32. The average molecular weight is 372 g/mol. The summed E-state index contributed by atoms with van der Waals surface area (Å²) in [4.78, 5) is 16.7. The minimum Gasteiger partial charge on any atom is -0.352 e. The van der Waals surface area contributed by atoms with Crippen LogP contribution in [0.2, 0.25) is 0 Å². The molecule has 0 aliphatic heterocycles. The number of nitrogens with zero attached hydrogens (tertiary/aromatic N) is 4. The Morgan fingerprint density at radius 3 is 2.92 bits per heavy atom. The summed E-state index contributed by atoms with van der Waals surface area (Å²) in [6.07, 6.45) is 11.1. The van der Waals surface area contributed by atoms with Gasteiger partial charge in [-0.05, 0) is 31.9 Å². The number of aromatic nitrogens is 4. The zero-order valence-electron chi connectivity index (χ0n) is 15.1. The Morgan fingerprint density at radius 1 is 1.42 bits per heavy atom. The third kappa shape index (κ3) is 4.52. The minimum absolute atomic E-state index is 0.0676. The summed E-state index contributed by atoms with van der Waals surface area (Å²) >= 11 is 1.43. The van der Waals surface area contributed by atoms with E-state index in [1.54, 1.807) is 18.5 Å². The van der Waals surface area contributed by atoms with Crippen molar-refractivity contribution < 1.29 is 4.79 Å². The van der Waals surface area contributed by atoms with Crippen LogP contribution < -0.4 is 5.32 Å². The van der Waals surface area contributed by atoms with Gasteiger partial charge in [0.25, 0.3) is 0 Å². The molecule has 2 aromatic rings. The van der Waals surface area contributed by atoms with E-state index in [9.17, 15) is 4.79 Å². The monoisotopic (exact) mass is 371 g/mol. The summed E-state index contributed by atoms with van der Waals surface area (Å²) in [5.41, 5.74) is 0.896. The van der Waals surface area contributed by atoms with Crippen LogP contribution in [0.1, 0.15) is 39.0 Å². The fourth-order valence-corrected chi connectivity index (χ4v) is 4.02. The molecule has 1 fully saturated rings. The second-order valence-electron chi connectivity index (χ2n) is 6.55. The summed E-state index contributed by atoms with van der Waals surface area (Å²) in [7, 11) is 0. The van der Waals surface area contributed by atoms with Crippen molar-refractivity contribution in [3.63, 3.8) is 0 Å². The highest BCUT2D eigenvalue weighted by Gasteiger charge is 2.23. The smallest absolute Gasteiger partial charge is 0.233 e. The highest BCUT2D eigenvalue weighted by molar-refractivity contribution is 8.00. The highest BCUT2D eigenvalue weighted by Crippen LogP contribution is 2.27. The molecule has 0 radical (unpaired) electrons. The van der Waals surface area contributed by atoms with E-state index >= 15 is 0 Å². The van der Waals surface area contributed by atoms with Gasteiger partial charge in [0.2, 0.25) is 5.91 Å². The molecule has 1 aliphatic carbocycles. The molecule has 7 heteroatoms. The first-order chi connectivity index (χ1) is 12.7. The van der Waals surface area contributed by atoms with Crippen LogP contribution in [0.3, 0.4) is 0 Å². The van der Waals surface area contributed by atoms with E-state index in [4.69, 9.17) is 0 Å². The van der Waals surface area contributed by atoms with Crippen molar-refractivity contribution in [1.29, 1.82) is 0 Å². The largest absolute Gasteiger partial charge is 0.352 e. The van der Waals surface area contributed by atoms with Crippen LogP contribution in [-0.4, -0.2) is 36.9 Å². The molecule has 138 valence electrons. The molecule has 1 amide bonds. The number of pyridine rings is 1. The van der Waals surface area contributed by atoms with Crippen LogP contribution in [-0.2, 0) is 11.3 Å². The van der Waals surface area contributed by atoms with Gasteiger partial charge in [-0.3, -0.25) is 14.3 Å². The zero-order valence-corrected chi connectivity index (χ0v) is 15.9. The number of carbonyl (C=O) groups is 1. The maximum absolute atomic E-state index is 12.5. The predicted octanol–water partition coefficient (Wildman–Crippen LogP) is 3.46. The van der Waals surface area contributed by atoms with Crippen molar-refractivity contribution in [3.05, 3.63) is 37.2 Å². The molecule has 2 aromatic heterocycles. The van der Waals surface area contributed by atoms with Gasteiger partial charge >= 0.3 is 0 Å². The lowest BCUT2D eigenvalue weighted by Gasteiger charge is -2.24. The molecule has 0 bridgehead atoms. The van der Waals surface area contributed by atoms with E-state index in [0.29, 0.717) is 12.6 Å². The Morgan fingerprint density at radius 2 is 2.23 bits per heavy atom. The average Bonchev–Trinajstić information content (AvgIpc) is 3.06. The molecule has 3 rings (SSSR count). The molecule has 26 heavy (non-hydrogen) atoms. The van der Waals surface area contributed by atoms with Crippen LogP contribution in [0.25, 0.3) is 11.4 Å². The van der Waals surface area contributed by atoms with E-state index in [1.807, 2.05) is 23.6 Å². The maximum atomic E-state index is 12.5. The van der Waals surface area contributed by atoms with E-state index in [2.05, 4.69) is 27.1 Å². The zero-order chi connectivity index (χ0) is 18.4. The standard InChI is InChI=1S/C19H25N5OS/c1-3-12-24-17(15-8-7-11-20-13-15)22-23-19(24)26-14(2)18(25)21-16-9-5-4-6-10-16/h3,7-8,11,13-14,16H,1,4-6,9-10,12H2,2H3,(H,21,25)/t14-/m1/s1. The summed E-state index contributed by atoms with van der Waals surface area (Å²) in [5.74, 6) is 0.804. The number of amides is 1. The lowest BCUT2D eigenvalue weighted by Crippen LogP contribution is -2.40. The first-order valence-electron chi connectivity index (χ1n) is 9.10. The molecule has 0 spiro atoms. The SMILES string of the molecule is C=CCn1c(S[C@H](C)C(=O)NC2CCCCC2)nnc1-c1cccnc1. The van der Waals surface area contributed by atoms with E-state index in [1.165, 1.54) is 31.0 Å². The third-order valence-electron chi connectivity index (χ3n) is 4.55. The molecule has 1 N–H and O–H groups in total. The van der Waals surface area contributed by atoms with Gasteiger partial charge in [0.15, 0.2) is 11.0 Å². The quantitative estimate of drug-likeness (QED) is 0.596. The predicted molar refractivity (Wildman–Crippen MR) is 104 cm³/mol. The Balaban J connectivity index is 1.71. The van der Waals surface area contributed by atoms with E-state index < -0.39 is 0 Å². The van der Waals surface area contributed by atoms with Gasteiger partial charge in [-0.15, -0.1) is 16.8 Å². The van der Waals surface area contributed by atoms with E-state index in [-0.39, 0.29) is 11.2 Å². The Hall–Kier alpha value is -2.15. The molecule has 1 atom stereocenters. The molecular formula is C19H25N5OS. The third-order valence-corrected chi connectivity index (χ3v) is 5.63. The van der Waals surface area contributed by atoms with Crippen LogP contribution in [0, 0.1) is 0 Å². The minimum atomic E-state index is -0.230. The summed E-state index contributed by atoms with van der Waals surface area (Å²) in [6, 6.07) is 4.14. The fourth-order valence-electron chi connectivity index (χ4n) is 3.16. The molecule has 6 nitrogen and oxygen atoms in total. The van der Waals surface area contributed by atoms with Crippen LogP contribution in [0.15, 0.2) is 42.3 Å². The maximum Gasteiger partial charge on any atom is 0.233 e. The van der Waals surface area contributed by atoms with Crippen LogP contribution in [0.5, 0.6) is 0 Å². The molecule has 0 unspecified atom stereocenters. The normalized spacial score (nSPS) is 16.2. The van der Waals surface area contributed by atoms with Gasteiger partial charge in [0.05, 0.1) is 5.25 Å². The lowest BCUT2D eigenvalue weighted by molar-refractivity contribution is -0.121.